The van der Waals surface area contributed by atoms with E-state index in [2.05, 4.69) is 5.32 Å². The summed E-state index contributed by atoms with van der Waals surface area (Å²) < 4.78 is 13.1. The first-order valence-corrected chi connectivity index (χ1v) is 5.31. The van der Waals surface area contributed by atoms with Crippen LogP contribution in [0.25, 0.3) is 0 Å². The minimum atomic E-state index is -0.612. The molecule has 3 nitrogen and oxygen atoms in total. The largest absolute Gasteiger partial charge is 0.325 e. The highest BCUT2D eigenvalue weighted by Gasteiger charge is 2.17. The lowest BCUT2D eigenvalue weighted by Gasteiger charge is -2.15. The van der Waals surface area contributed by atoms with Crippen LogP contribution in [0, 0.1) is 11.7 Å². The van der Waals surface area contributed by atoms with Gasteiger partial charge in [-0.2, -0.15) is 0 Å². The number of carbonyl (C=O) groups is 1. The molecular weight excluding hydrogens is 231 g/mol. The maximum absolute atomic E-state index is 13.1. The molecule has 0 spiro atoms. The van der Waals surface area contributed by atoms with Gasteiger partial charge in [0.25, 0.3) is 0 Å². The van der Waals surface area contributed by atoms with E-state index in [4.69, 9.17) is 17.3 Å². The molecule has 1 amide bonds. The molecule has 1 aromatic rings. The zero-order valence-corrected chi connectivity index (χ0v) is 9.88. The van der Waals surface area contributed by atoms with Crippen molar-refractivity contribution in [2.45, 2.75) is 19.9 Å². The third kappa shape index (κ3) is 3.18. The van der Waals surface area contributed by atoms with Gasteiger partial charge in [0.15, 0.2) is 0 Å². The molecule has 1 atom stereocenters. The van der Waals surface area contributed by atoms with E-state index in [0.29, 0.717) is 5.69 Å². The molecule has 0 heterocycles. The van der Waals surface area contributed by atoms with Crippen molar-refractivity contribution >= 4 is 23.2 Å². The van der Waals surface area contributed by atoms with E-state index in [0.717, 1.165) is 6.07 Å². The van der Waals surface area contributed by atoms with Crippen molar-refractivity contribution in [1.82, 2.24) is 0 Å². The van der Waals surface area contributed by atoms with Gasteiger partial charge in [-0.05, 0) is 24.1 Å². The molecule has 1 rings (SSSR count). The zero-order chi connectivity index (χ0) is 12.3. The second kappa shape index (κ2) is 5.27. The molecule has 3 N–H and O–H groups in total. The number of benzene rings is 1. The maximum Gasteiger partial charge on any atom is 0.241 e. The summed E-state index contributed by atoms with van der Waals surface area (Å²) in [5.74, 6) is -0.883. The Kier molecular flexibility index (Phi) is 4.26. The summed E-state index contributed by atoms with van der Waals surface area (Å²) in [4.78, 5) is 11.6. The highest BCUT2D eigenvalue weighted by atomic mass is 35.5. The number of anilines is 1. The van der Waals surface area contributed by atoms with Crippen LogP contribution < -0.4 is 11.1 Å². The molecule has 0 bridgehead atoms. The number of nitrogens with two attached hydrogens (primary N) is 1. The van der Waals surface area contributed by atoms with Crippen LogP contribution in [0.1, 0.15) is 13.8 Å². The van der Waals surface area contributed by atoms with Gasteiger partial charge >= 0.3 is 0 Å². The fraction of sp³-hybridized carbons (Fsp3) is 0.364. The summed E-state index contributed by atoms with van der Waals surface area (Å²) in [6.45, 7) is 3.68. The van der Waals surface area contributed by atoms with Crippen LogP contribution in [0.5, 0.6) is 0 Å². The number of carbonyl (C=O) groups excluding carboxylic acids is 1. The second-order valence-corrected chi connectivity index (χ2v) is 4.30. The number of hydrogen-bond acceptors (Lipinski definition) is 2. The first-order valence-electron chi connectivity index (χ1n) is 4.93. The first-order chi connectivity index (χ1) is 7.41. The Morgan fingerprint density at radius 1 is 1.50 bits per heavy atom. The van der Waals surface area contributed by atoms with Gasteiger partial charge in [-0.25, -0.2) is 4.39 Å². The van der Waals surface area contributed by atoms with Gasteiger partial charge in [-0.3, -0.25) is 4.79 Å². The molecule has 0 aliphatic carbocycles. The maximum atomic E-state index is 13.1. The lowest BCUT2D eigenvalue weighted by atomic mass is 10.1. The summed E-state index contributed by atoms with van der Waals surface area (Å²) in [6.07, 6.45) is 0. The predicted octanol–water partition coefficient (Wildman–Crippen LogP) is 2.40. The minimum Gasteiger partial charge on any atom is -0.325 e. The van der Waals surface area contributed by atoms with Gasteiger partial charge in [-0.15, -0.1) is 0 Å². The van der Waals surface area contributed by atoms with Crippen LogP contribution >= 0.6 is 11.6 Å². The van der Waals surface area contributed by atoms with Gasteiger partial charge in [-0.1, -0.05) is 25.4 Å². The average Bonchev–Trinajstić information content (AvgIpc) is 2.22. The Hall–Kier alpha value is -1.13. The highest BCUT2D eigenvalue weighted by molar-refractivity contribution is 6.30. The summed E-state index contributed by atoms with van der Waals surface area (Å²) >= 11 is 5.52. The molecule has 0 radical (unpaired) electrons. The molecule has 88 valence electrons. The van der Waals surface area contributed by atoms with Crippen LogP contribution in [0.4, 0.5) is 10.1 Å². The van der Waals surface area contributed by atoms with Gasteiger partial charge < -0.3 is 11.1 Å². The molecule has 0 saturated carbocycles. The van der Waals surface area contributed by atoms with Crippen molar-refractivity contribution < 1.29 is 9.18 Å². The van der Waals surface area contributed by atoms with Gasteiger partial charge in [0.1, 0.15) is 5.82 Å². The SMILES string of the molecule is CC(C)[C@H](N)C(=O)Nc1ccc(Cl)c(F)c1. The molecular formula is C11H14ClFN2O. The number of halogens is 2. The fourth-order valence-electron chi connectivity index (χ4n) is 1.10. The Balaban J connectivity index is 2.74. The summed E-state index contributed by atoms with van der Waals surface area (Å²) in [7, 11) is 0. The number of amides is 1. The van der Waals surface area contributed by atoms with Gasteiger partial charge in [0.05, 0.1) is 11.1 Å². The number of hydrogen-bond donors (Lipinski definition) is 2. The smallest absolute Gasteiger partial charge is 0.241 e. The van der Waals surface area contributed by atoms with E-state index in [1.54, 1.807) is 0 Å². The van der Waals surface area contributed by atoms with E-state index in [1.807, 2.05) is 13.8 Å². The molecule has 0 saturated heterocycles. The van der Waals surface area contributed by atoms with Crippen LogP contribution in [0.3, 0.4) is 0 Å². The Labute approximate surface area is 98.8 Å². The predicted molar refractivity (Wildman–Crippen MR) is 62.9 cm³/mol. The fourth-order valence-corrected chi connectivity index (χ4v) is 1.22. The highest BCUT2D eigenvalue weighted by Crippen LogP contribution is 2.18. The Bertz CT molecular complexity index is 396. The third-order valence-electron chi connectivity index (χ3n) is 2.21. The van der Waals surface area contributed by atoms with Crippen molar-refractivity contribution in [2.24, 2.45) is 11.7 Å². The van der Waals surface area contributed by atoms with Crippen molar-refractivity contribution in [2.75, 3.05) is 5.32 Å². The van der Waals surface area contributed by atoms with Crippen LogP contribution in [-0.4, -0.2) is 11.9 Å². The van der Waals surface area contributed by atoms with E-state index < -0.39 is 11.9 Å². The molecule has 1 aromatic carbocycles. The zero-order valence-electron chi connectivity index (χ0n) is 9.13. The van der Waals surface area contributed by atoms with E-state index in [9.17, 15) is 9.18 Å². The quantitative estimate of drug-likeness (QED) is 0.858. The van der Waals surface area contributed by atoms with Crippen molar-refractivity contribution in [3.05, 3.63) is 29.0 Å². The number of rotatable bonds is 3. The Morgan fingerprint density at radius 3 is 2.62 bits per heavy atom. The standard InChI is InChI=1S/C11H14ClFN2O/c1-6(2)10(14)11(16)15-7-3-4-8(12)9(13)5-7/h3-6,10H,14H2,1-2H3,(H,15,16)/t10-/m0/s1. The summed E-state index contributed by atoms with van der Waals surface area (Å²) in [5.41, 5.74) is 5.99. The molecule has 0 aromatic heterocycles. The third-order valence-corrected chi connectivity index (χ3v) is 2.51. The van der Waals surface area contributed by atoms with Crippen molar-refractivity contribution in [1.29, 1.82) is 0 Å². The molecule has 16 heavy (non-hydrogen) atoms. The lowest BCUT2D eigenvalue weighted by Crippen LogP contribution is -2.39. The minimum absolute atomic E-state index is 0.0196. The molecule has 0 aliphatic rings. The monoisotopic (exact) mass is 244 g/mol. The normalized spacial score (nSPS) is 12.6. The lowest BCUT2D eigenvalue weighted by molar-refractivity contribution is -0.118. The van der Waals surface area contributed by atoms with E-state index in [1.165, 1.54) is 12.1 Å². The van der Waals surface area contributed by atoms with E-state index >= 15 is 0 Å². The Morgan fingerprint density at radius 2 is 2.12 bits per heavy atom. The average molecular weight is 245 g/mol. The summed E-state index contributed by atoms with van der Waals surface area (Å²) in [6, 6.07) is 3.45. The van der Waals surface area contributed by atoms with Crippen molar-refractivity contribution in [3.63, 3.8) is 0 Å². The van der Waals surface area contributed by atoms with E-state index in [-0.39, 0.29) is 16.8 Å². The molecule has 0 aliphatic heterocycles. The van der Waals surface area contributed by atoms with Gasteiger partial charge in [0.2, 0.25) is 5.91 Å². The summed E-state index contributed by atoms with van der Waals surface area (Å²) in [5, 5.41) is 2.55. The molecule has 0 fully saturated rings. The number of nitrogens with one attached hydrogen (secondary N) is 1. The van der Waals surface area contributed by atoms with Crippen LogP contribution in [0.2, 0.25) is 5.02 Å². The molecule has 5 heteroatoms. The van der Waals surface area contributed by atoms with Crippen molar-refractivity contribution in [3.8, 4) is 0 Å². The first kappa shape index (κ1) is 12.9. The van der Waals surface area contributed by atoms with Crippen LogP contribution in [-0.2, 0) is 4.79 Å². The van der Waals surface area contributed by atoms with Gasteiger partial charge in [0, 0.05) is 5.69 Å². The van der Waals surface area contributed by atoms with Crippen LogP contribution in [0.15, 0.2) is 18.2 Å². The topological polar surface area (TPSA) is 55.1 Å². The molecule has 0 unspecified atom stereocenters. The second-order valence-electron chi connectivity index (χ2n) is 3.89.